The van der Waals surface area contributed by atoms with Crippen molar-refractivity contribution < 1.29 is 4.74 Å². The zero-order chi connectivity index (χ0) is 12.9. The summed E-state index contributed by atoms with van der Waals surface area (Å²) >= 11 is 0. The molecule has 3 heteroatoms. The zero-order valence-electron chi connectivity index (χ0n) is 10.8. The van der Waals surface area contributed by atoms with Gasteiger partial charge < -0.3 is 10.5 Å². The molecule has 1 rings (SSSR count). The van der Waals surface area contributed by atoms with Crippen LogP contribution in [0.3, 0.4) is 0 Å². The summed E-state index contributed by atoms with van der Waals surface area (Å²) in [6, 6.07) is 8.17. The molecule has 1 aromatic rings. The number of nitrogens with two attached hydrogens (primary N) is 1. The summed E-state index contributed by atoms with van der Waals surface area (Å²) < 4.78 is 5.74. The summed E-state index contributed by atoms with van der Waals surface area (Å²) in [7, 11) is 0. The lowest BCUT2D eigenvalue weighted by Crippen LogP contribution is -2.34. The Balaban J connectivity index is 2.45. The van der Waals surface area contributed by atoms with E-state index in [4.69, 9.17) is 15.7 Å². The molecular weight excluding hydrogens is 212 g/mol. The van der Waals surface area contributed by atoms with Crippen LogP contribution in [-0.2, 0) is 0 Å². The number of benzene rings is 1. The summed E-state index contributed by atoms with van der Waals surface area (Å²) in [5.74, 6) is 0.947. The fourth-order valence-electron chi connectivity index (χ4n) is 1.70. The average Bonchev–Trinajstić information content (AvgIpc) is 2.27. The first-order valence-corrected chi connectivity index (χ1v) is 5.85. The predicted octanol–water partition coefficient (Wildman–Crippen LogP) is 2.70. The highest BCUT2D eigenvalue weighted by molar-refractivity contribution is 5.39. The first-order chi connectivity index (χ1) is 7.96. The molecule has 2 N–H and O–H groups in total. The van der Waals surface area contributed by atoms with Gasteiger partial charge in [0.15, 0.2) is 0 Å². The molecule has 0 aliphatic heterocycles. The van der Waals surface area contributed by atoms with Crippen LogP contribution in [0.5, 0.6) is 5.75 Å². The molecule has 17 heavy (non-hydrogen) atoms. The largest absolute Gasteiger partial charge is 0.493 e. The maximum atomic E-state index is 8.78. The fraction of sp³-hybridized carbons (Fsp3) is 0.500. The molecule has 0 heterocycles. The van der Waals surface area contributed by atoms with E-state index in [1.807, 2.05) is 32.0 Å². The highest BCUT2D eigenvalue weighted by atomic mass is 16.5. The number of para-hydroxylation sites is 1. The molecule has 0 radical (unpaired) electrons. The Labute approximate surface area is 103 Å². The molecule has 0 saturated heterocycles. The van der Waals surface area contributed by atoms with E-state index >= 15 is 0 Å². The van der Waals surface area contributed by atoms with Crippen LogP contribution in [0.4, 0.5) is 0 Å². The van der Waals surface area contributed by atoms with Crippen LogP contribution in [0.15, 0.2) is 18.2 Å². The molecule has 0 amide bonds. The minimum absolute atomic E-state index is 0.597. The lowest BCUT2D eigenvalue weighted by molar-refractivity contribution is 0.292. The van der Waals surface area contributed by atoms with Crippen LogP contribution >= 0.6 is 0 Å². The van der Waals surface area contributed by atoms with Crippen LogP contribution in [0.1, 0.15) is 30.9 Å². The van der Waals surface area contributed by atoms with Crippen molar-refractivity contribution >= 4 is 0 Å². The smallest absolute Gasteiger partial charge is 0.125 e. The van der Waals surface area contributed by atoms with Gasteiger partial charge in [0.05, 0.1) is 12.7 Å². The molecule has 1 aromatic carbocycles. The number of nitriles is 1. The minimum atomic E-state index is -0.746. The summed E-state index contributed by atoms with van der Waals surface area (Å²) in [5.41, 5.74) is 7.27. The van der Waals surface area contributed by atoms with E-state index in [0.717, 1.165) is 23.3 Å². The van der Waals surface area contributed by atoms with Gasteiger partial charge in [-0.2, -0.15) is 5.26 Å². The normalized spacial score (nSPS) is 13.8. The molecule has 3 nitrogen and oxygen atoms in total. The number of rotatable bonds is 5. The lowest BCUT2D eigenvalue weighted by Gasteiger charge is -2.16. The molecule has 1 atom stereocenters. The van der Waals surface area contributed by atoms with E-state index in [2.05, 4.69) is 6.07 Å². The summed E-state index contributed by atoms with van der Waals surface area (Å²) in [6.07, 6.45) is 1.43. The van der Waals surface area contributed by atoms with E-state index in [-0.39, 0.29) is 0 Å². The van der Waals surface area contributed by atoms with Crippen LogP contribution in [-0.4, -0.2) is 12.1 Å². The highest BCUT2D eigenvalue weighted by Gasteiger charge is 2.16. The summed E-state index contributed by atoms with van der Waals surface area (Å²) in [6.45, 7) is 6.40. The lowest BCUT2D eigenvalue weighted by atomic mass is 10.00. The van der Waals surface area contributed by atoms with Crippen molar-refractivity contribution in [1.82, 2.24) is 0 Å². The van der Waals surface area contributed by atoms with E-state index in [1.165, 1.54) is 0 Å². The van der Waals surface area contributed by atoms with E-state index in [9.17, 15) is 0 Å². The second-order valence-electron chi connectivity index (χ2n) is 4.70. The van der Waals surface area contributed by atoms with Gasteiger partial charge in [-0.25, -0.2) is 0 Å². The number of hydrogen-bond donors (Lipinski definition) is 1. The average molecular weight is 232 g/mol. The molecule has 1 unspecified atom stereocenters. The maximum absolute atomic E-state index is 8.78. The monoisotopic (exact) mass is 232 g/mol. The van der Waals surface area contributed by atoms with Gasteiger partial charge in [-0.15, -0.1) is 0 Å². The Morgan fingerprint density at radius 3 is 2.47 bits per heavy atom. The SMILES string of the molecule is Cc1cccc(C)c1OCCCC(C)(N)C#N. The van der Waals surface area contributed by atoms with Crippen LogP contribution in [0, 0.1) is 25.2 Å². The topological polar surface area (TPSA) is 59.0 Å². The molecule has 0 fully saturated rings. The number of nitrogens with zero attached hydrogens (tertiary/aromatic N) is 1. The van der Waals surface area contributed by atoms with Crippen molar-refractivity contribution in [3.63, 3.8) is 0 Å². The quantitative estimate of drug-likeness (QED) is 0.794. The molecule has 0 spiro atoms. The summed E-state index contributed by atoms with van der Waals surface area (Å²) in [4.78, 5) is 0. The van der Waals surface area contributed by atoms with Crippen LogP contribution in [0.25, 0.3) is 0 Å². The molecule has 0 aliphatic carbocycles. The highest BCUT2D eigenvalue weighted by Crippen LogP contribution is 2.22. The first kappa shape index (κ1) is 13.5. The Hall–Kier alpha value is -1.53. The van der Waals surface area contributed by atoms with Gasteiger partial charge in [0.25, 0.3) is 0 Å². The Kier molecular flexibility index (Phi) is 4.53. The van der Waals surface area contributed by atoms with E-state index in [1.54, 1.807) is 6.92 Å². The molecule has 0 aliphatic rings. The second kappa shape index (κ2) is 5.70. The van der Waals surface area contributed by atoms with Gasteiger partial charge in [-0.3, -0.25) is 0 Å². The van der Waals surface area contributed by atoms with Gasteiger partial charge in [0, 0.05) is 0 Å². The van der Waals surface area contributed by atoms with Gasteiger partial charge in [-0.1, -0.05) is 18.2 Å². The van der Waals surface area contributed by atoms with Crippen molar-refractivity contribution in [1.29, 1.82) is 5.26 Å². The Morgan fingerprint density at radius 2 is 1.94 bits per heavy atom. The third kappa shape index (κ3) is 4.08. The Morgan fingerprint density at radius 1 is 1.35 bits per heavy atom. The van der Waals surface area contributed by atoms with Crippen molar-refractivity contribution in [3.05, 3.63) is 29.3 Å². The number of ether oxygens (including phenoxy) is 1. The van der Waals surface area contributed by atoms with E-state index < -0.39 is 5.54 Å². The van der Waals surface area contributed by atoms with E-state index in [0.29, 0.717) is 13.0 Å². The third-order valence-electron chi connectivity index (χ3n) is 2.75. The van der Waals surface area contributed by atoms with Gasteiger partial charge in [0.2, 0.25) is 0 Å². The van der Waals surface area contributed by atoms with Crippen molar-refractivity contribution in [3.8, 4) is 11.8 Å². The van der Waals surface area contributed by atoms with Gasteiger partial charge in [0.1, 0.15) is 11.3 Å². The molecule has 0 aromatic heterocycles. The van der Waals surface area contributed by atoms with Crippen molar-refractivity contribution in [2.75, 3.05) is 6.61 Å². The van der Waals surface area contributed by atoms with Gasteiger partial charge in [-0.05, 0) is 44.7 Å². The van der Waals surface area contributed by atoms with Crippen LogP contribution < -0.4 is 10.5 Å². The van der Waals surface area contributed by atoms with Crippen molar-refractivity contribution in [2.45, 2.75) is 39.2 Å². The Bertz CT molecular complexity index is 398. The number of aryl methyl sites for hydroxylation is 2. The standard InChI is InChI=1S/C14H20N2O/c1-11-6-4-7-12(2)13(11)17-9-5-8-14(3,16)10-15/h4,6-7H,5,8-9,16H2,1-3H3. The fourth-order valence-corrected chi connectivity index (χ4v) is 1.70. The molecule has 92 valence electrons. The third-order valence-corrected chi connectivity index (χ3v) is 2.75. The van der Waals surface area contributed by atoms with Gasteiger partial charge >= 0.3 is 0 Å². The number of hydrogen-bond acceptors (Lipinski definition) is 3. The van der Waals surface area contributed by atoms with Crippen LogP contribution in [0.2, 0.25) is 0 Å². The first-order valence-electron chi connectivity index (χ1n) is 5.85. The molecular formula is C14H20N2O. The van der Waals surface area contributed by atoms with Crippen molar-refractivity contribution in [2.24, 2.45) is 5.73 Å². The predicted molar refractivity (Wildman–Crippen MR) is 68.9 cm³/mol. The zero-order valence-corrected chi connectivity index (χ0v) is 10.8. The maximum Gasteiger partial charge on any atom is 0.125 e. The summed E-state index contributed by atoms with van der Waals surface area (Å²) in [5, 5.41) is 8.78. The second-order valence-corrected chi connectivity index (χ2v) is 4.70. The minimum Gasteiger partial charge on any atom is -0.493 e. The molecule has 0 bridgehead atoms. The molecule has 0 saturated carbocycles.